The summed E-state index contributed by atoms with van der Waals surface area (Å²) in [5.74, 6) is 0. The lowest BCUT2D eigenvalue weighted by Gasteiger charge is -2.47. The van der Waals surface area contributed by atoms with Crippen molar-refractivity contribution in [1.82, 2.24) is 10.2 Å². The van der Waals surface area contributed by atoms with Gasteiger partial charge in [-0.3, -0.25) is 4.90 Å². The molecule has 1 unspecified atom stereocenters. The molecule has 2 fully saturated rings. The van der Waals surface area contributed by atoms with Crippen LogP contribution in [0.5, 0.6) is 0 Å². The number of likely N-dealkylation sites (tertiary alicyclic amines) is 1. The number of carbonyl (C=O) groups is 2. The van der Waals surface area contributed by atoms with E-state index in [1.165, 1.54) is 0 Å². The number of nitrogens with zero attached hydrogens (tertiary/aromatic N) is 1. The fourth-order valence-corrected chi connectivity index (χ4v) is 2.00. The second kappa shape index (κ2) is 3.51. The molecule has 96 valence electrons. The number of hydrogen-bond donors (Lipinski definition) is 1. The Hall–Kier alpha value is -1.46. The van der Waals surface area contributed by atoms with Crippen molar-refractivity contribution in [3.63, 3.8) is 0 Å². The van der Waals surface area contributed by atoms with E-state index >= 15 is 0 Å². The van der Waals surface area contributed by atoms with Crippen molar-refractivity contribution in [3.8, 4) is 0 Å². The maximum atomic E-state index is 11.7. The third-order valence-corrected chi connectivity index (χ3v) is 2.99. The second-order valence-corrected chi connectivity index (χ2v) is 5.66. The molecule has 1 atom stereocenters. The molecule has 2 rings (SSSR count). The zero-order valence-electron chi connectivity index (χ0n) is 10.6. The van der Waals surface area contributed by atoms with Gasteiger partial charge in [0, 0.05) is 0 Å². The molecule has 0 saturated carbocycles. The largest absolute Gasteiger partial charge is 0.444 e. The summed E-state index contributed by atoms with van der Waals surface area (Å²) >= 11 is 0. The third kappa shape index (κ3) is 2.16. The molecule has 2 aliphatic rings. The average molecular weight is 242 g/mol. The van der Waals surface area contributed by atoms with E-state index in [4.69, 9.17) is 9.47 Å². The summed E-state index contributed by atoms with van der Waals surface area (Å²) in [6, 6.07) is -0.0753. The van der Waals surface area contributed by atoms with E-state index in [-0.39, 0.29) is 12.1 Å². The van der Waals surface area contributed by atoms with Gasteiger partial charge in [-0.1, -0.05) is 0 Å². The summed E-state index contributed by atoms with van der Waals surface area (Å²) in [5.41, 5.74) is -1.07. The highest BCUT2D eigenvalue weighted by atomic mass is 16.6. The molecule has 2 heterocycles. The molecule has 0 aliphatic carbocycles. The van der Waals surface area contributed by atoms with E-state index < -0.39 is 17.3 Å². The number of carbonyl (C=O) groups excluding carboxylic acids is 2. The SMILES string of the molecule is CC1NC(=O)OC12CN(C(=O)OC(C)(C)C)C2. The van der Waals surface area contributed by atoms with Crippen LogP contribution in [0, 0.1) is 0 Å². The summed E-state index contributed by atoms with van der Waals surface area (Å²) in [6.45, 7) is 8.11. The van der Waals surface area contributed by atoms with Crippen molar-refractivity contribution >= 4 is 12.2 Å². The Labute approximate surface area is 100 Å². The fourth-order valence-electron chi connectivity index (χ4n) is 2.00. The quantitative estimate of drug-likeness (QED) is 0.690. The van der Waals surface area contributed by atoms with E-state index in [1.54, 1.807) is 4.90 Å². The lowest BCUT2D eigenvalue weighted by atomic mass is 9.88. The zero-order chi connectivity index (χ0) is 12.8. The van der Waals surface area contributed by atoms with Crippen LogP contribution in [-0.4, -0.2) is 47.4 Å². The van der Waals surface area contributed by atoms with Crippen LogP contribution in [0.15, 0.2) is 0 Å². The maximum Gasteiger partial charge on any atom is 0.410 e. The molecule has 0 aromatic heterocycles. The highest BCUT2D eigenvalue weighted by Crippen LogP contribution is 2.33. The number of rotatable bonds is 0. The molecule has 0 bridgehead atoms. The maximum absolute atomic E-state index is 11.7. The smallest absolute Gasteiger partial charge is 0.410 e. The van der Waals surface area contributed by atoms with Gasteiger partial charge < -0.3 is 14.8 Å². The van der Waals surface area contributed by atoms with Crippen LogP contribution >= 0.6 is 0 Å². The Balaban J connectivity index is 1.90. The summed E-state index contributed by atoms with van der Waals surface area (Å²) in [4.78, 5) is 24.4. The molecule has 6 nitrogen and oxygen atoms in total. The van der Waals surface area contributed by atoms with Crippen LogP contribution in [0.1, 0.15) is 27.7 Å². The van der Waals surface area contributed by atoms with Crippen LogP contribution in [0.4, 0.5) is 9.59 Å². The molecule has 1 spiro atoms. The highest BCUT2D eigenvalue weighted by molar-refractivity contribution is 5.74. The Morgan fingerprint density at radius 2 is 2.12 bits per heavy atom. The number of hydrogen-bond acceptors (Lipinski definition) is 4. The Morgan fingerprint density at radius 3 is 2.53 bits per heavy atom. The van der Waals surface area contributed by atoms with Gasteiger partial charge in [0.15, 0.2) is 5.60 Å². The van der Waals surface area contributed by atoms with Crippen molar-refractivity contribution in [1.29, 1.82) is 0 Å². The van der Waals surface area contributed by atoms with Crippen molar-refractivity contribution in [2.45, 2.75) is 44.9 Å². The van der Waals surface area contributed by atoms with E-state index in [0.29, 0.717) is 13.1 Å². The zero-order valence-corrected chi connectivity index (χ0v) is 10.6. The Kier molecular flexibility index (Phi) is 2.48. The number of amides is 2. The first-order valence-electron chi connectivity index (χ1n) is 5.69. The monoisotopic (exact) mass is 242 g/mol. The summed E-state index contributed by atoms with van der Waals surface area (Å²) < 4.78 is 10.4. The van der Waals surface area contributed by atoms with Gasteiger partial charge in [0.1, 0.15) is 5.60 Å². The predicted molar refractivity (Wildman–Crippen MR) is 59.6 cm³/mol. The summed E-state index contributed by atoms with van der Waals surface area (Å²) in [7, 11) is 0. The van der Waals surface area contributed by atoms with Crippen molar-refractivity contribution in [2.75, 3.05) is 13.1 Å². The first-order valence-corrected chi connectivity index (χ1v) is 5.69. The van der Waals surface area contributed by atoms with E-state index in [2.05, 4.69) is 5.32 Å². The van der Waals surface area contributed by atoms with Gasteiger partial charge >= 0.3 is 12.2 Å². The minimum atomic E-state index is -0.562. The van der Waals surface area contributed by atoms with Crippen LogP contribution in [-0.2, 0) is 9.47 Å². The van der Waals surface area contributed by atoms with Gasteiger partial charge in [-0.2, -0.15) is 0 Å². The summed E-state index contributed by atoms with van der Waals surface area (Å²) in [5, 5.41) is 2.68. The van der Waals surface area contributed by atoms with Crippen molar-refractivity contribution < 1.29 is 19.1 Å². The van der Waals surface area contributed by atoms with Crippen LogP contribution in [0.3, 0.4) is 0 Å². The third-order valence-electron chi connectivity index (χ3n) is 2.99. The fraction of sp³-hybridized carbons (Fsp3) is 0.818. The van der Waals surface area contributed by atoms with Gasteiger partial charge in [0.25, 0.3) is 0 Å². The molecule has 0 aromatic carbocycles. The van der Waals surface area contributed by atoms with Crippen LogP contribution < -0.4 is 5.32 Å². The Bertz CT molecular complexity index is 355. The topological polar surface area (TPSA) is 67.9 Å². The average Bonchev–Trinajstić information content (AvgIpc) is 2.34. The lowest BCUT2D eigenvalue weighted by Crippen LogP contribution is -2.68. The normalized spacial score (nSPS) is 26.2. The molecule has 6 heteroatoms. The molecule has 0 aromatic rings. The van der Waals surface area contributed by atoms with Gasteiger partial charge in [-0.15, -0.1) is 0 Å². The minimum absolute atomic E-state index is 0.0753. The molecular formula is C11H18N2O4. The number of nitrogens with one attached hydrogen (secondary N) is 1. The molecular weight excluding hydrogens is 224 g/mol. The van der Waals surface area contributed by atoms with Crippen molar-refractivity contribution in [2.24, 2.45) is 0 Å². The summed E-state index contributed by atoms with van der Waals surface area (Å²) in [6.07, 6.45) is -0.778. The van der Waals surface area contributed by atoms with Crippen molar-refractivity contribution in [3.05, 3.63) is 0 Å². The molecule has 0 radical (unpaired) electrons. The number of alkyl carbamates (subject to hydrolysis) is 1. The molecule has 17 heavy (non-hydrogen) atoms. The highest BCUT2D eigenvalue weighted by Gasteiger charge is 2.57. The standard InChI is InChI=1S/C11H18N2O4/c1-7-11(16-8(14)12-7)5-13(6-11)9(15)17-10(2,3)4/h7H,5-6H2,1-4H3,(H,12,14). The Morgan fingerprint density at radius 1 is 1.53 bits per heavy atom. The first-order chi connectivity index (χ1) is 7.72. The second-order valence-electron chi connectivity index (χ2n) is 5.66. The van der Waals surface area contributed by atoms with Crippen LogP contribution in [0.25, 0.3) is 0 Å². The van der Waals surface area contributed by atoms with E-state index in [9.17, 15) is 9.59 Å². The van der Waals surface area contributed by atoms with E-state index in [1.807, 2.05) is 27.7 Å². The molecule has 2 saturated heterocycles. The van der Waals surface area contributed by atoms with Gasteiger partial charge in [-0.25, -0.2) is 9.59 Å². The van der Waals surface area contributed by atoms with E-state index in [0.717, 1.165) is 0 Å². The van der Waals surface area contributed by atoms with Gasteiger partial charge in [-0.05, 0) is 27.7 Å². The van der Waals surface area contributed by atoms with Gasteiger partial charge in [0.05, 0.1) is 19.1 Å². The van der Waals surface area contributed by atoms with Gasteiger partial charge in [0.2, 0.25) is 0 Å². The minimum Gasteiger partial charge on any atom is -0.444 e. The molecule has 2 amide bonds. The van der Waals surface area contributed by atoms with Crippen LogP contribution in [0.2, 0.25) is 0 Å². The number of ether oxygens (including phenoxy) is 2. The molecule has 2 aliphatic heterocycles. The lowest BCUT2D eigenvalue weighted by molar-refractivity contribution is -0.0904. The predicted octanol–water partition coefficient (Wildman–Crippen LogP) is 1.10. The first kappa shape index (κ1) is 12.0. The molecule has 1 N–H and O–H groups in total.